The van der Waals surface area contributed by atoms with E-state index in [9.17, 15) is 14.4 Å². The van der Waals surface area contributed by atoms with Gasteiger partial charge in [-0.1, -0.05) is 12.1 Å². The third-order valence-corrected chi connectivity index (χ3v) is 4.78. The van der Waals surface area contributed by atoms with Crippen molar-refractivity contribution >= 4 is 23.4 Å². The van der Waals surface area contributed by atoms with E-state index in [2.05, 4.69) is 10.2 Å². The molecule has 0 saturated carbocycles. The van der Waals surface area contributed by atoms with Crippen LogP contribution in [0.2, 0.25) is 0 Å². The molecule has 3 rings (SSSR count). The topological polar surface area (TPSA) is 79.0 Å². The number of nitrogens with one attached hydrogen (secondary N) is 1. The van der Waals surface area contributed by atoms with Gasteiger partial charge in [0.1, 0.15) is 0 Å². The number of anilines is 1. The van der Waals surface area contributed by atoms with Crippen molar-refractivity contribution in [3.8, 4) is 0 Å². The molecule has 7 nitrogen and oxygen atoms in total. The molecule has 2 heterocycles. The van der Waals surface area contributed by atoms with Gasteiger partial charge in [0.15, 0.2) is 0 Å². The second-order valence-electron chi connectivity index (χ2n) is 6.64. The van der Waals surface area contributed by atoms with Crippen LogP contribution in [-0.4, -0.2) is 66.9 Å². The van der Waals surface area contributed by atoms with Crippen molar-refractivity contribution in [3.63, 3.8) is 0 Å². The predicted molar refractivity (Wildman–Crippen MR) is 96.6 cm³/mol. The minimum absolute atomic E-state index is 0.121. The number of rotatable bonds is 7. The number of benzene rings is 1. The Bertz CT molecular complexity index is 637. The van der Waals surface area contributed by atoms with E-state index in [1.54, 1.807) is 0 Å². The molecule has 140 valence electrons. The van der Waals surface area contributed by atoms with Gasteiger partial charge in [-0.3, -0.25) is 24.2 Å². The van der Waals surface area contributed by atoms with Crippen molar-refractivity contribution in [2.75, 3.05) is 44.7 Å². The first-order valence-electron chi connectivity index (χ1n) is 9.14. The number of imide groups is 1. The molecule has 1 N–H and O–H groups in total. The molecule has 0 atom stereocenters. The van der Waals surface area contributed by atoms with Crippen LogP contribution in [0, 0.1) is 0 Å². The Balaban J connectivity index is 1.41. The largest absolute Gasteiger partial charge is 0.379 e. The van der Waals surface area contributed by atoms with E-state index in [1.807, 2.05) is 24.3 Å². The molecule has 2 fully saturated rings. The number of likely N-dealkylation sites (tertiary alicyclic amines) is 1. The molecule has 0 aliphatic carbocycles. The number of hydrogen-bond donors (Lipinski definition) is 1. The lowest BCUT2D eigenvalue weighted by molar-refractivity contribution is -0.138. The normalized spacial score (nSPS) is 18.4. The lowest BCUT2D eigenvalue weighted by atomic mass is 10.1. The summed E-state index contributed by atoms with van der Waals surface area (Å²) in [6.07, 6.45) is 1.60. The first-order chi connectivity index (χ1) is 12.6. The molecule has 1 aromatic rings. The van der Waals surface area contributed by atoms with Gasteiger partial charge < -0.3 is 10.1 Å². The minimum atomic E-state index is -0.196. The van der Waals surface area contributed by atoms with Crippen LogP contribution >= 0.6 is 0 Å². The lowest BCUT2D eigenvalue weighted by Gasteiger charge is -2.26. The third-order valence-electron chi connectivity index (χ3n) is 4.78. The third kappa shape index (κ3) is 5.12. The molecule has 0 spiro atoms. The van der Waals surface area contributed by atoms with Gasteiger partial charge in [-0.05, 0) is 24.1 Å². The van der Waals surface area contributed by atoms with Crippen molar-refractivity contribution in [2.24, 2.45) is 0 Å². The van der Waals surface area contributed by atoms with Gasteiger partial charge in [-0.2, -0.15) is 0 Å². The molecule has 7 heteroatoms. The fourth-order valence-corrected chi connectivity index (χ4v) is 3.18. The zero-order valence-electron chi connectivity index (χ0n) is 14.9. The Labute approximate surface area is 153 Å². The van der Waals surface area contributed by atoms with Crippen LogP contribution < -0.4 is 5.32 Å². The number of nitrogens with zero attached hydrogens (tertiary/aromatic N) is 2. The van der Waals surface area contributed by atoms with Crippen molar-refractivity contribution in [1.82, 2.24) is 9.80 Å². The summed E-state index contributed by atoms with van der Waals surface area (Å²) in [6.45, 7) is 4.74. The van der Waals surface area contributed by atoms with Crippen LogP contribution in [0.3, 0.4) is 0 Å². The summed E-state index contributed by atoms with van der Waals surface area (Å²) in [5, 5.41) is 2.81. The average Bonchev–Trinajstić information content (AvgIpc) is 2.98. The van der Waals surface area contributed by atoms with E-state index in [0.29, 0.717) is 0 Å². The molecule has 2 saturated heterocycles. The van der Waals surface area contributed by atoms with E-state index in [1.165, 1.54) is 10.5 Å². The molecule has 0 aromatic heterocycles. The monoisotopic (exact) mass is 359 g/mol. The average molecular weight is 359 g/mol. The molecule has 1 aromatic carbocycles. The summed E-state index contributed by atoms with van der Waals surface area (Å²) in [4.78, 5) is 38.6. The summed E-state index contributed by atoms with van der Waals surface area (Å²) < 4.78 is 5.35. The molecule has 3 amide bonds. The van der Waals surface area contributed by atoms with Gasteiger partial charge >= 0.3 is 0 Å². The highest BCUT2D eigenvalue weighted by Crippen LogP contribution is 2.14. The number of ether oxygens (including phenoxy) is 1. The van der Waals surface area contributed by atoms with Gasteiger partial charge in [0.25, 0.3) is 0 Å². The Morgan fingerprint density at radius 2 is 1.65 bits per heavy atom. The Morgan fingerprint density at radius 3 is 2.31 bits per heavy atom. The van der Waals surface area contributed by atoms with E-state index in [-0.39, 0.29) is 43.5 Å². The number of amides is 3. The lowest BCUT2D eigenvalue weighted by Crippen LogP contribution is -2.37. The Kier molecular flexibility index (Phi) is 6.35. The highest BCUT2D eigenvalue weighted by molar-refractivity contribution is 6.02. The van der Waals surface area contributed by atoms with Crippen LogP contribution in [0.4, 0.5) is 5.69 Å². The zero-order valence-corrected chi connectivity index (χ0v) is 14.9. The molecule has 0 bridgehead atoms. The maximum absolute atomic E-state index is 12.0. The molecule has 26 heavy (non-hydrogen) atoms. The minimum Gasteiger partial charge on any atom is -0.379 e. The van der Waals surface area contributed by atoms with E-state index < -0.39 is 0 Å². The van der Waals surface area contributed by atoms with Crippen molar-refractivity contribution in [3.05, 3.63) is 29.8 Å². The highest BCUT2D eigenvalue weighted by Gasteiger charge is 2.28. The Morgan fingerprint density at radius 1 is 1.00 bits per heavy atom. The van der Waals surface area contributed by atoms with Crippen LogP contribution in [0.1, 0.15) is 24.8 Å². The highest BCUT2D eigenvalue weighted by atomic mass is 16.5. The standard InChI is InChI=1S/C19H25N3O4/c23-17(8-10-22-18(24)5-6-19(22)25)20-16-3-1-15(2-4-16)7-9-21-11-13-26-14-12-21/h1-4H,5-14H2,(H,20,23). The smallest absolute Gasteiger partial charge is 0.229 e. The van der Waals surface area contributed by atoms with Crippen molar-refractivity contribution < 1.29 is 19.1 Å². The predicted octanol–water partition coefficient (Wildman–Crippen LogP) is 1.04. The fourth-order valence-electron chi connectivity index (χ4n) is 3.18. The Hall–Kier alpha value is -2.25. The van der Waals surface area contributed by atoms with Crippen molar-refractivity contribution in [1.29, 1.82) is 0 Å². The number of carbonyl (C=O) groups is 3. The van der Waals surface area contributed by atoms with E-state index >= 15 is 0 Å². The maximum atomic E-state index is 12.0. The second-order valence-corrected chi connectivity index (χ2v) is 6.64. The summed E-state index contributed by atoms with van der Waals surface area (Å²) in [7, 11) is 0. The summed E-state index contributed by atoms with van der Waals surface area (Å²) >= 11 is 0. The van der Waals surface area contributed by atoms with Crippen LogP contribution in [0.5, 0.6) is 0 Å². The van der Waals surface area contributed by atoms with Crippen LogP contribution in [0.15, 0.2) is 24.3 Å². The molecular formula is C19H25N3O4. The zero-order chi connectivity index (χ0) is 18.4. The first-order valence-corrected chi connectivity index (χ1v) is 9.14. The SMILES string of the molecule is O=C(CCN1C(=O)CCC1=O)Nc1ccc(CCN2CCOCC2)cc1. The molecular weight excluding hydrogens is 334 g/mol. The molecule has 0 radical (unpaired) electrons. The van der Waals surface area contributed by atoms with E-state index in [0.717, 1.165) is 45.0 Å². The van der Waals surface area contributed by atoms with Gasteiger partial charge in [0.05, 0.1) is 13.2 Å². The number of morpholine rings is 1. The van der Waals surface area contributed by atoms with Gasteiger partial charge in [0.2, 0.25) is 17.7 Å². The maximum Gasteiger partial charge on any atom is 0.229 e. The second kappa shape index (κ2) is 8.91. The molecule has 0 unspecified atom stereocenters. The quantitative estimate of drug-likeness (QED) is 0.736. The number of carbonyl (C=O) groups excluding carboxylic acids is 3. The number of hydrogen-bond acceptors (Lipinski definition) is 5. The van der Waals surface area contributed by atoms with Gasteiger partial charge in [-0.15, -0.1) is 0 Å². The summed E-state index contributed by atoms with van der Waals surface area (Å²) in [5.41, 5.74) is 1.95. The molecule has 2 aliphatic rings. The fraction of sp³-hybridized carbons (Fsp3) is 0.526. The van der Waals surface area contributed by atoms with E-state index in [4.69, 9.17) is 4.74 Å². The molecule has 2 aliphatic heterocycles. The van der Waals surface area contributed by atoms with Gasteiger partial charge in [0, 0.05) is 51.1 Å². The summed E-state index contributed by atoms with van der Waals surface area (Å²) in [5.74, 6) is -0.571. The first kappa shape index (κ1) is 18.5. The van der Waals surface area contributed by atoms with Gasteiger partial charge in [-0.25, -0.2) is 0 Å². The van der Waals surface area contributed by atoms with Crippen molar-refractivity contribution in [2.45, 2.75) is 25.7 Å². The summed E-state index contributed by atoms with van der Waals surface area (Å²) in [6, 6.07) is 7.81. The van der Waals surface area contributed by atoms with Crippen LogP contribution in [0.25, 0.3) is 0 Å². The van der Waals surface area contributed by atoms with Crippen LogP contribution in [-0.2, 0) is 25.5 Å².